The van der Waals surface area contributed by atoms with Crippen LogP contribution in [0.25, 0.3) is 0 Å². The van der Waals surface area contributed by atoms with Gasteiger partial charge in [0.05, 0.1) is 12.1 Å². The summed E-state index contributed by atoms with van der Waals surface area (Å²) in [6.07, 6.45) is -2.91. The number of hydrogen-bond donors (Lipinski definition) is 1. The lowest BCUT2D eigenvalue weighted by Gasteiger charge is -2.18. The van der Waals surface area contributed by atoms with E-state index in [4.69, 9.17) is 0 Å². The van der Waals surface area contributed by atoms with Crippen LogP contribution in [0, 0.1) is 0 Å². The summed E-state index contributed by atoms with van der Waals surface area (Å²) < 4.78 is 64.6. The van der Waals surface area contributed by atoms with E-state index in [1.165, 1.54) is 0 Å². The van der Waals surface area contributed by atoms with E-state index >= 15 is 0 Å². The van der Waals surface area contributed by atoms with Gasteiger partial charge < -0.3 is 5.32 Å². The molecule has 0 aromatic heterocycles. The van der Waals surface area contributed by atoms with Crippen molar-refractivity contribution in [3.05, 3.63) is 35.4 Å². The van der Waals surface area contributed by atoms with Gasteiger partial charge >= 0.3 is 6.18 Å². The Balaban J connectivity index is 2.15. The van der Waals surface area contributed by atoms with Gasteiger partial charge in [-0.05, 0) is 25.0 Å². The van der Waals surface area contributed by atoms with Crippen molar-refractivity contribution in [3.8, 4) is 0 Å². The monoisotopic (exact) mass is 265 g/mol. The van der Waals surface area contributed by atoms with E-state index in [0.717, 1.165) is 31.0 Å². The average Bonchev–Trinajstić information content (AvgIpc) is 3.09. The standard InChI is InChI=1S/C12H12F5N/c13-11(14,7-18-10-4-5-10)8-2-1-3-9(6-8)12(15,16)17/h1-3,6,10,18H,4-5,7H2. The Bertz CT molecular complexity index is 423. The van der Waals surface area contributed by atoms with E-state index in [-0.39, 0.29) is 6.04 Å². The van der Waals surface area contributed by atoms with Gasteiger partial charge in [0.1, 0.15) is 0 Å². The second-order valence-electron chi connectivity index (χ2n) is 4.44. The van der Waals surface area contributed by atoms with Crippen LogP contribution in [0.3, 0.4) is 0 Å². The topological polar surface area (TPSA) is 12.0 Å². The number of benzene rings is 1. The molecule has 0 atom stereocenters. The third kappa shape index (κ3) is 3.19. The number of rotatable bonds is 4. The fraction of sp³-hybridized carbons (Fsp3) is 0.500. The van der Waals surface area contributed by atoms with Crippen LogP contribution >= 0.6 is 0 Å². The highest BCUT2D eigenvalue weighted by atomic mass is 19.4. The fourth-order valence-electron chi connectivity index (χ4n) is 1.59. The Morgan fingerprint density at radius 1 is 1.06 bits per heavy atom. The molecular weight excluding hydrogens is 253 g/mol. The van der Waals surface area contributed by atoms with Crippen LogP contribution in [0.5, 0.6) is 0 Å². The normalized spacial score (nSPS) is 16.9. The Hall–Kier alpha value is -1.17. The third-order valence-corrected chi connectivity index (χ3v) is 2.80. The van der Waals surface area contributed by atoms with Gasteiger partial charge in [-0.2, -0.15) is 22.0 Å². The molecular formula is C12H12F5N. The average molecular weight is 265 g/mol. The summed E-state index contributed by atoms with van der Waals surface area (Å²) >= 11 is 0. The first-order valence-corrected chi connectivity index (χ1v) is 5.58. The molecule has 0 amide bonds. The molecule has 6 heteroatoms. The third-order valence-electron chi connectivity index (χ3n) is 2.80. The molecule has 0 unspecified atom stereocenters. The molecule has 0 bridgehead atoms. The molecule has 0 spiro atoms. The highest BCUT2D eigenvalue weighted by molar-refractivity contribution is 5.29. The Kier molecular flexibility index (Phi) is 3.31. The first-order chi connectivity index (χ1) is 8.29. The summed E-state index contributed by atoms with van der Waals surface area (Å²) in [5.41, 5.74) is -1.66. The number of halogens is 5. The molecule has 1 aliphatic rings. The maximum Gasteiger partial charge on any atom is 0.416 e. The van der Waals surface area contributed by atoms with Gasteiger partial charge in [0, 0.05) is 11.6 Å². The molecule has 2 rings (SSSR count). The fourth-order valence-corrected chi connectivity index (χ4v) is 1.59. The minimum absolute atomic E-state index is 0.0849. The zero-order chi connectivity index (χ0) is 13.4. The first-order valence-electron chi connectivity index (χ1n) is 5.58. The molecule has 1 saturated carbocycles. The zero-order valence-electron chi connectivity index (χ0n) is 9.40. The summed E-state index contributed by atoms with van der Waals surface area (Å²) in [7, 11) is 0. The van der Waals surface area contributed by atoms with Crippen LogP contribution < -0.4 is 5.32 Å². The minimum Gasteiger partial charge on any atom is -0.308 e. The Morgan fingerprint density at radius 2 is 1.67 bits per heavy atom. The van der Waals surface area contributed by atoms with E-state index < -0.39 is 29.8 Å². The SMILES string of the molecule is FC(F)(F)c1cccc(C(F)(F)CNC2CC2)c1. The van der Waals surface area contributed by atoms with Crippen molar-refractivity contribution < 1.29 is 22.0 Å². The molecule has 1 fully saturated rings. The van der Waals surface area contributed by atoms with Gasteiger partial charge in [-0.1, -0.05) is 12.1 Å². The smallest absolute Gasteiger partial charge is 0.308 e. The van der Waals surface area contributed by atoms with Crippen LogP contribution in [-0.4, -0.2) is 12.6 Å². The zero-order valence-corrected chi connectivity index (χ0v) is 9.40. The van der Waals surface area contributed by atoms with Gasteiger partial charge in [-0.3, -0.25) is 0 Å². The maximum atomic E-state index is 13.7. The predicted octanol–water partition coefficient (Wildman–Crippen LogP) is 3.55. The summed E-state index contributed by atoms with van der Waals surface area (Å²) in [6.45, 7) is -0.626. The molecule has 18 heavy (non-hydrogen) atoms. The van der Waals surface area contributed by atoms with Crippen molar-refractivity contribution in [1.29, 1.82) is 0 Å². The number of hydrogen-bond acceptors (Lipinski definition) is 1. The van der Waals surface area contributed by atoms with Gasteiger partial charge in [0.2, 0.25) is 0 Å². The van der Waals surface area contributed by atoms with Crippen LogP contribution in [0.4, 0.5) is 22.0 Å². The summed E-state index contributed by atoms with van der Waals surface area (Å²) in [5.74, 6) is -3.29. The van der Waals surface area contributed by atoms with E-state index in [2.05, 4.69) is 5.32 Å². The lowest BCUT2D eigenvalue weighted by Crippen LogP contribution is -2.32. The van der Waals surface area contributed by atoms with Gasteiger partial charge in [-0.25, -0.2) is 0 Å². The van der Waals surface area contributed by atoms with E-state index in [0.29, 0.717) is 6.07 Å². The first kappa shape index (κ1) is 13.3. The quantitative estimate of drug-likeness (QED) is 0.821. The van der Waals surface area contributed by atoms with E-state index in [1.807, 2.05) is 0 Å². The molecule has 0 radical (unpaired) electrons. The van der Waals surface area contributed by atoms with Gasteiger partial charge in [0.15, 0.2) is 0 Å². The molecule has 1 N–H and O–H groups in total. The molecule has 100 valence electrons. The van der Waals surface area contributed by atoms with Crippen molar-refractivity contribution in [3.63, 3.8) is 0 Å². The molecule has 1 nitrogen and oxygen atoms in total. The number of alkyl halides is 5. The molecule has 1 aromatic rings. The van der Waals surface area contributed by atoms with Crippen LogP contribution in [-0.2, 0) is 12.1 Å². The highest BCUT2D eigenvalue weighted by Crippen LogP contribution is 2.34. The molecule has 1 aromatic carbocycles. The summed E-state index contributed by atoms with van der Waals surface area (Å²) in [4.78, 5) is 0. The molecule has 0 aliphatic heterocycles. The second-order valence-corrected chi connectivity index (χ2v) is 4.44. The van der Waals surface area contributed by atoms with Crippen molar-refractivity contribution in [1.82, 2.24) is 5.32 Å². The second kappa shape index (κ2) is 4.50. The number of nitrogens with one attached hydrogen (secondary N) is 1. The predicted molar refractivity (Wildman–Crippen MR) is 56.4 cm³/mol. The summed E-state index contributed by atoms with van der Waals surface area (Å²) in [5, 5.41) is 2.62. The van der Waals surface area contributed by atoms with Crippen LogP contribution in [0.2, 0.25) is 0 Å². The lowest BCUT2D eigenvalue weighted by atomic mass is 10.0. The van der Waals surface area contributed by atoms with Crippen LogP contribution in [0.1, 0.15) is 24.0 Å². The van der Waals surface area contributed by atoms with Crippen molar-refractivity contribution >= 4 is 0 Å². The van der Waals surface area contributed by atoms with E-state index in [1.54, 1.807) is 0 Å². The summed E-state index contributed by atoms with van der Waals surface area (Å²) in [6, 6.07) is 3.40. The van der Waals surface area contributed by atoms with Crippen LogP contribution in [0.15, 0.2) is 24.3 Å². The van der Waals surface area contributed by atoms with E-state index in [9.17, 15) is 22.0 Å². The molecule has 0 saturated heterocycles. The Morgan fingerprint density at radius 3 is 2.22 bits per heavy atom. The molecule has 1 aliphatic carbocycles. The van der Waals surface area contributed by atoms with Crippen molar-refractivity contribution in [2.45, 2.75) is 31.0 Å². The van der Waals surface area contributed by atoms with Gasteiger partial charge in [0.25, 0.3) is 5.92 Å². The minimum atomic E-state index is -4.60. The maximum absolute atomic E-state index is 13.7. The Labute approximate surface area is 101 Å². The van der Waals surface area contributed by atoms with Crippen molar-refractivity contribution in [2.24, 2.45) is 0 Å². The largest absolute Gasteiger partial charge is 0.416 e. The molecule has 0 heterocycles. The lowest BCUT2D eigenvalue weighted by molar-refractivity contribution is -0.137. The highest BCUT2D eigenvalue weighted by Gasteiger charge is 2.37. The van der Waals surface area contributed by atoms with Crippen molar-refractivity contribution in [2.75, 3.05) is 6.54 Å². The van der Waals surface area contributed by atoms with Gasteiger partial charge in [-0.15, -0.1) is 0 Å².